The van der Waals surface area contributed by atoms with Crippen LogP contribution >= 0.6 is 15.9 Å². The highest BCUT2D eigenvalue weighted by Gasteiger charge is 2.13. The summed E-state index contributed by atoms with van der Waals surface area (Å²) in [6.45, 7) is 0.670. The Bertz CT molecular complexity index is 614. The molecule has 0 aliphatic carbocycles. The fourth-order valence-electron chi connectivity index (χ4n) is 1.78. The molecule has 106 valence electrons. The van der Waals surface area contributed by atoms with Crippen molar-refractivity contribution in [3.8, 4) is 5.69 Å². The summed E-state index contributed by atoms with van der Waals surface area (Å²) in [5, 5.41) is 18.9. The van der Waals surface area contributed by atoms with E-state index < -0.39 is 4.92 Å². The van der Waals surface area contributed by atoms with E-state index in [0.29, 0.717) is 11.0 Å². The van der Waals surface area contributed by atoms with Gasteiger partial charge in [0, 0.05) is 6.07 Å². The van der Waals surface area contributed by atoms with Gasteiger partial charge in [0.1, 0.15) is 0 Å². The van der Waals surface area contributed by atoms with E-state index in [1.54, 1.807) is 16.8 Å². The molecule has 0 saturated heterocycles. The van der Waals surface area contributed by atoms with Crippen molar-refractivity contribution in [2.45, 2.75) is 19.3 Å². The van der Waals surface area contributed by atoms with Crippen LogP contribution in [0.4, 0.5) is 5.69 Å². The molecular weight excluding hydrogens is 326 g/mol. The van der Waals surface area contributed by atoms with Crippen LogP contribution in [0.1, 0.15) is 18.5 Å². The molecule has 1 heterocycles. The topological polar surface area (TPSA) is 99.9 Å². The molecule has 7 nitrogen and oxygen atoms in total. The van der Waals surface area contributed by atoms with Gasteiger partial charge >= 0.3 is 0 Å². The molecule has 0 saturated carbocycles. The third kappa shape index (κ3) is 3.40. The summed E-state index contributed by atoms with van der Waals surface area (Å²) in [6.07, 6.45) is 4.57. The molecule has 0 atom stereocenters. The number of halogens is 1. The van der Waals surface area contributed by atoms with Gasteiger partial charge in [-0.1, -0.05) is 5.21 Å². The summed E-state index contributed by atoms with van der Waals surface area (Å²) in [5.41, 5.74) is 7.07. The summed E-state index contributed by atoms with van der Waals surface area (Å²) in [5.74, 6) is 0. The van der Waals surface area contributed by atoms with Gasteiger partial charge in [-0.25, -0.2) is 4.68 Å². The number of rotatable bonds is 6. The molecule has 0 radical (unpaired) electrons. The van der Waals surface area contributed by atoms with Gasteiger partial charge in [0.2, 0.25) is 0 Å². The number of nitrogens with two attached hydrogens (primary N) is 1. The maximum Gasteiger partial charge on any atom is 0.283 e. The Morgan fingerprint density at radius 2 is 2.20 bits per heavy atom. The first-order valence-electron chi connectivity index (χ1n) is 6.17. The van der Waals surface area contributed by atoms with Gasteiger partial charge in [-0.15, -0.1) is 5.10 Å². The molecule has 0 bridgehead atoms. The van der Waals surface area contributed by atoms with Crippen molar-refractivity contribution >= 4 is 21.6 Å². The first kappa shape index (κ1) is 14.6. The van der Waals surface area contributed by atoms with Gasteiger partial charge in [-0.05, 0) is 53.9 Å². The van der Waals surface area contributed by atoms with E-state index in [4.69, 9.17) is 5.73 Å². The van der Waals surface area contributed by atoms with E-state index in [1.165, 1.54) is 6.07 Å². The monoisotopic (exact) mass is 339 g/mol. The van der Waals surface area contributed by atoms with Crippen LogP contribution in [0.2, 0.25) is 0 Å². The normalized spacial score (nSPS) is 10.7. The molecule has 1 aromatic heterocycles. The summed E-state index contributed by atoms with van der Waals surface area (Å²) in [6, 6.07) is 4.73. The van der Waals surface area contributed by atoms with Crippen LogP contribution in [0.25, 0.3) is 5.69 Å². The molecule has 0 spiro atoms. The number of aromatic nitrogens is 3. The minimum absolute atomic E-state index is 0.0250. The lowest BCUT2D eigenvalue weighted by molar-refractivity contribution is -0.385. The van der Waals surface area contributed by atoms with Gasteiger partial charge in [0.05, 0.1) is 27.0 Å². The maximum absolute atomic E-state index is 10.8. The zero-order valence-electron chi connectivity index (χ0n) is 10.7. The van der Waals surface area contributed by atoms with Crippen molar-refractivity contribution in [1.82, 2.24) is 15.0 Å². The largest absolute Gasteiger partial charge is 0.330 e. The van der Waals surface area contributed by atoms with E-state index in [0.717, 1.165) is 30.6 Å². The minimum Gasteiger partial charge on any atom is -0.330 e. The highest BCUT2D eigenvalue weighted by atomic mass is 79.9. The van der Waals surface area contributed by atoms with Crippen molar-refractivity contribution in [3.63, 3.8) is 0 Å². The Balaban J connectivity index is 2.15. The lowest BCUT2D eigenvalue weighted by Gasteiger charge is -2.01. The summed E-state index contributed by atoms with van der Waals surface area (Å²) >= 11 is 3.19. The van der Waals surface area contributed by atoms with Crippen LogP contribution < -0.4 is 5.73 Å². The second-order valence-electron chi connectivity index (χ2n) is 4.29. The maximum atomic E-state index is 10.8. The molecule has 2 aromatic rings. The molecule has 2 N–H and O–H groups in total. The predicted octanol–water partition coefficient (Wildman–Crippen LogP) is 2.22. The molecule has 0 fully saturated rings. The summed E-state index contributed by atoms with van der Waals surface area (Å²) in [4.78, 5) is 10.3. The first-order valence-corrected chi connectivity index (χ1v) is 6.96. The number of hydrogen-bond acceptors (Lipinski definition) is 5. The zero-order valence-corrected chi connectivity index (χ0v) is 12.3. The molecule has 0 unspecified atom stereocenters. The number of unbranched alkanes of at least 4 members (excludes halogenated alkanes) is 1. The van der Waals surface area contributed by atoms with Gasteiger partial charge < -0.3 is 5.73 Å². The fraction of sp³-hybridized carbons (Fsp3) is 0.333. The number of benzene rings is 1. The number of nitro benzene ring substituents is 1. The van der Waals surface area contributed by atoms with Gasteiger partial charge in [0.25, 0.3) is 5.69 Å². The van der Waals surface area contributed by atoms with Crippen LogP contribution in [0.5, 0.6) is 0 Å². The van der Waals surface area contributed by atoms with Crippen molar-refractivity contribution in [2.24, 2.45) is 5.73 Å². The van der Waals surface area contributed by atoms with Crippen LogP contribution in [0, 0.1) is 10.1 Å². The standard InChI is InChI=1S/C12H14BrN5O2/c13-11-7-10(4-5-12(11)18(19)20)17-8-9(15-16-17)3-1-2-6-14/h4-5,7-8H,1-3,6,14H2. The Labute approximate surface area is 124 Å². The Morgan fingerprint density at radius 3 is 2.85 bits per heavy atom. The SMILES string of the molecule is NCCCCc1cn(-c2ccc([N+](=O)[O-])c(Br)c2)nn1. The number of nitrogens with zero attached hydrogens (tertiary/aromatic N) is 4. The minimum atomic E-state index is -0.437. The van der Waals surface area contributed by atoms with E-state index in [2.05, 4.69) is 26.2 Å². The Kier molecular flexibility index (Phi) is 4.80. The van der Waals surface area contributed by atoms with Crippen molar-refractivity contribution in [3.05, 3.63) is 44.7 Å². The number of aryl methyl sites for hydroxylation is 1. The molecular formula is C12H14BrN5O2. The number of nitro groups is 1. The van der Waals surface area contributed by atoms with Gasteiger partial charge in [0.15, 0.2) is 0 Å². The van der Waals surface area contributed by atoms with E-state index in [-0.39, 0.29) is 5.69 Å². The van der Waals surface area contributed by atoms with Crippen LogP contribution in [0.15, 0.2) is 28.9 Å². The van der Waals surface area contributed by atoms with Crippen molar-refractivity contribution in [1.29, 1.82) is 0 Å². The van der Waals surface area contributed by atoms with Gasteiger partial charge in [-0.2, -0.15) is 0 Å². The third-order valence-corrected chi connectivity index (χ3v) is 3.46. The zero-order chi connectivity index (χ0) is 14.5. The summed E-state index contributed by atoms with van der Waals surface area (Å²) < 4.78 is 2.02. The lowest BCUT2D eigenvalue weighted by atomic mass is 10.2. The molecule has 0 aliphatic heterocycles. The van der Waals surface area contributed by atoms with E-state index >= 15 is 0 Å². The molecule has 1 aromatic carbocycles. The predicted molar refractivity (Wildman–Crippen MR) is 77.7 cm³/mol. The third-order valence-electron chi connectivity index (χ3n) is 2.82. The van der Waals surface area contributed by atoms with Crippen LogP contribution in [0.3, 0.4) is 0 Å². The van der Waals surface area contributed by atoms with Crippen LogP contribution in [-0.4, -0.2) is 26.5 Å². The summed E-state index contributed by atoms with van der Waals surface area (Å²) in [7, 11) is 0. The quantitative estimate of drug-likeness (QED) is 0.494. The smallest absolute Gasteiger partial charge is 0.283 e. The average Bonchev–Trinajstić information content (AvgIpc) is 2.87. The highest BCUT2D eigenvalue weighted by molar-refractivity contribution is 9.10. The molecule has 2 rings (SSSR count). The van der Waals surface area contributed by atoms with E-state index in [1.807, 2.05) is 6.20 Å². The Morgan fingerprint density at radius 1 is 1.40 bits per heavy atom. The lowest BCUT2D eigenvalue weighted by Crippen LogP contribution is -1.99. The Hall–Kier alpha value is -1.80. The van der Waals surface area contributed by atoms with Crippen molar-refractivity contribution in [2.75, 3.05) is 6.54 Å². The van der Waals surface area contributed by atoms with Gasteiger partial charge in [-0.3, -0.25) is 10.1 Å². The molecule has 0 aliphatic rings. The number of hydrogen-bond donors (Lipinski definition) is 1. The second kappa shape index (κ2) is 6.58. The highest BCUT2D eigenvalue weighted by Crippen LogP contribution is 2.26. The van der Waals surface area contributed by atoms with Crippen molar-refractivity contribution < 1.29 is 4.92 Å². The van der Waals surface area contributed by atoms with E-state index in [9.17, 15) is 10.1 Å². The van der Waals surface area contributed by atoms with Crippen LogP contribution in [-0.2, 0) is 6.42 Å². The molecule has 8 heteroatoms. The average molecular weight is 340 g/mol. The first-order chi connectivity index (χ1) is 9.61. The molecule has 20 heavy (non-hydrogen) atoms. The molecule has 0 amide bonds. The second-order valence-corrected chi connectivity index (χ2v) is 5.15. The fourth-order valence-corrected chi connectivity index (χ4v) is 2.29.